The maximum absolute atomic E-state index is 12.9. The summed E-state index contributed by atoms with van der Waals surface area (Å²) in [7, 11) is 0. The van der Waals surface area contributed by atoms with Gasteiger partial charge in [0, 0.05) is 25.7 Å². The molecule has 2 aliphatic rings. The number of hydrogen-bond donors (Lipinski definition) is 0. The van der Waals surface area contributed by atoms with Crippen LogP contribution in [0.15, 0.2) is 18.2 Å². The molecule has 1 aliphatic carbocycles. The van der Waals surface area contributed by atoms with Crippen molar-refractivity contribution in [3.05, 3.63) is 29.8 Å². The van der Waals surface area contributed by atoms with Gasteiger partial charge in [-0.15, -0.1) is 0 Å². The minimum Gasteiger partial charge on any atom is -0.488 e. The highest BCUT2D eigenvalue weighted by Crippen LogP contribution is 2.31. The van der Waals surface area contributed by atoms with Gasteiger partial charge in [-0.25, -0.2) is 8.78 Å². The van der Waals surface area contributed by atoms with E-state index in [0.717, 1.165) is 37.7 Å². The first-order valence-corrected chi connectivity index (χ1v) is 6.05. The molecule has 0 N–H and O–H groups in total. The van der Waals surface area contributed by atoms with Crippen molar-refractivity contribution in [1.29, 1.82) is 0 Å². The van der Waals surface area contributed by atoms with Crippen LogP contribution in [0.5, 0.6) is 5.75 Å². The van der Waals surface area contributed by atoms with E-state index < -0.39 is 11.6 Å². The molecule has 0 spiro atoms. The summed E-state index contributed by atoms with van der Waals surface area (Å²) in [4.78, 5) is 2.35. The van der Waals surface area contributed by atoms with Crippen LogP contribution >= 0.6 is 0 Å². The second kappa shape index (κ2) is 4.26. The molecular weight excluding hydrogens is 224 g/mol. The number of ether oxygens (including phenoxy) is 1. The average Bonchev–Trinajstić information content (AvgIpc) is 3.04. The van der Waals surface area contributed by atoms with Gasteiger partial charge in [0.2, 0.25) is 0 Å². The summed E-state index contributed by atoms with van der Waals surface area (Å²) in [6.07, 6.45) is 2.83. The number of halogens is 2. The third kappa shape index (κ3) is 2.57. The highest BCUT2D eigenvalue weighted by Gasteiger charge is 2.33. The number of nitrogens with zero attached hydrogens (tertiary/aromatic N) is 1. The first-order chi connectivity index (χ1) is 8.20. The van der Waals surface area contributed by atoms with Crippen LogP contribution in [0.1, 0.15) is 12.8 Å². The highest BCUT2D eigenvalue weighted by atomic mass is 19.2. The Bertz CT molecular complexity index is 414. The van der Waals surface area contributed by atoms with Crippen LogP contribution in [-0.4, -0.2) is 30.6 Å². The van der Waals surface area contributed by atoms with Gasteiger partial charge in [-0.1, -0.05) is 0 Å². The molecule has 0 atom stereocenters. The molecule has 0 bridgehead atoms. The van der Waals surface area contributed by atoms with Crippen molar-refractivity contribution in [2.45, 2.75) is 18.9 Å². The standard InChI is InChI=1S/C13H15F2NO/c14-12-4-3-10(5-13(12)15)17-11-7-16(8-11)6-9-1-2-9/h3-5,9,11H,1-2,6-8H2. The minimum absolute atomic E-state index is 0.124. The molecule has 0 aromatic heterocycles. The van der Waals surface area contributed by atoms with E-state index in [1.54, 1.807) is 0 Å². The van der Waals surface area contributed by atoms with Gasteiger partial charge in [-0.3, -0.25) is 4.90 Å². The van der Waals surface area contributed by atoms with Crippen LogP contribution in [-0.2, 0) is 0 Å². The Kier molecular flexibility index (Phi) is 2.74. The quantitative estimate of drug-likeness (QED) is 0.800. The van der Waals surface area contributed by atoms with Crippen LogP contribution in [0, 0.1) is 17.6 Å². The Labute approximate surface area is 99.2 Å². The molecule has 92 valence electrons. The van der Waals surface area contributed by atoms with E-state index in [0.29, 0.717) is 5.75 Å². The van der Waals surface area contributed by atoms with Gasteiger partial charge < -0.3 is 4.74 Å². The predicted molar refractivity (Wildman–Crippen MR) is 59.9 cm³/mol. The number of hydrogen-bond acceptors (Lipinski definition) is 2. The predicted octanol–water partition coefficient (Wildman–Crippen LogP) is 2.44. The zero-order valence-electron chi connectivity index (χ0n) is 9.53. The Morgan fingerprint density at radius 2 is 1.94 bits per heavy atom. The molecule has 1 aromatic carbocycles. The van der Waals surface area contributed by atoms with E-state index in [4.69, 9.17) is 4.74 Å². The average molecular weight is 239 g/mol. The molecule has 1 aromatic rings. The van der Waals surface area contributed by atoms with Crippen molar-refractivity contribution in [2.75, 3.05) is 19.6 Å². The van der Waals surface area contributed by atoms with Crippen molar-refractivity contribution in [1.82, 2.24) is 4.90 Å². The van der Waals surface area contributed by atoms with Crippen molar-refractivity contribution in [3.63, 3.8) is 0 Å². The second-order valence-electron chi connectivity index (χ2n) is 4.98. The Morgan fingerprint density at radius 1 is 1.18 bits per heavy atom. The van der Waals surface area contributed by atoms with Gasteiger partial charge in [0.1, 0.15) is 11.9 Å². The summed E-state index contributed by atoms with van der Waals surface area (Å²) in [5, 5.41) is 0. The molecule has 0 radical (unpaired) electrons. The third-order valence-electron chi connectivity index (χ3n) is 3.33. The molecule has 0 amide bonds. The summed E-state index contributed by atoms with van der Waals surface area (Å²) in [5.74, 6) is -0.378. The van der Waals surface area contributed by atoms with Gasteiger partial charge in [0.05, 0.1) is 0 Å². The molecule has 2 nitrogen and oxygen atoms in total. The summed E-state index contributed by atoms with van der Waals surface area (Å²) < 4.78 is 31.2. The van der Waals surface area contributed by atoms with Crippen molar-refractivity contribution < 1.29 is 13.5 Å². The first kappa shape index (κ1) is 11.0. The molecular formula is C13H15F2NO. The lowest BCUT2D eigenvalue weighted by Crippen LogP contribution is -2.54. The van der Waals surface area contributed by atoms with Crippen LogP contribution in [0.4, 0.5) is 8.78 Å². The van der Waals surface area contributed by atoms with Crippen LogP contribution in [0.25, 0.3) is 0 Å². The molecule has 0 unspecified atom stereocenters. The maximum Gasteiger partial charge on any atom is 0.162 e. The van der Waals surface area contributed by atoms with Gasteiger partial charge in [-0.2, -0.15) is 0 Å². The number of benzene rings is 1. The third-order valence-corrected chi connectivity index (χ3v) is 3.33. The molecule has 3 rings (SSSR count). The van der Waals surface area contributed by atoms with Crippen molar-refractivity contribution in [2.24, 2.45) is 5.92 Å². The molecule has 1 saturated heterocycles. The molecule has 1 aliphatic heterocycles. The van der Waals surface area contributed by atoms with Crippen molar-refractivity contribution >= 4 is 0 Å². The molecule has 17 heavy (non-hydrogen) atoms. The van der Waals surface area contributed by atoms with Crippen LogP contribution in [0.3, 0.4) is 0 Å². The summed E-state index contributed by atoms with van der Waals surface area (Å²) in [6.45, 7) is 2.96. The van der Waals surface area contributed by atoms with Crippen LogP contribution < -0.4 is 4.74 Å². The van der Waals surface area contributed by atoms with E-state index in [2.05, 4.69) is 4.90 Å². The number of likely N-dealkylation sites (tertiary alicyclic amines) is 1. The first-order valence-electron chi connectivity index (χ1n) is 6.05. The smallest absolute Gasteiger partial charge is 0.162 e. The zero-order chi connectivity index (χ0) is 11.8. The van der Waals surface area contributed by atoms with Crippen molar-refractivity contribution in [3.8, 4) is 5.75 Å². The molecule has 1 saturated carbocycles. The zero-order valence-corrected chi connectivity index (χ0v) is 9.53. The van der Waals surface area contributed by atoms with Gasteiger partial charge in [-0.05, 0) is 30.9 Å². The van der Waals surface area contributed by atoms with Gasteiger partial charge in [0.25, 0.3) is 0 Å². The maximum atomic E-state index is 12.9. The second-order valence-corrected chi connectivity index (χ2v) is 4.98. The highest BCUT2D eigenvalue weighted by molar-refractivity contribution is 5.24. The lowest BCUT2D eigenvalue weighted by atomic mass is 10.1. The fourth-order valence-electron chi connectivity index (χ4n) is 2.15. The van der Waals surface area contributed by atoms with Gasteiger partial charge in [0.15, 0.2) is 11.6 Å². The summed E-state index contributed by atoms with van der Waals surface area (Å²) in [5.41, 5.74) is 0. The van der Waals surface area contributed by atoms with E-state index >= 15 is 0 Å². The SMILES string of the molecule is Fc1ccc(OC2CN(CC3CC3)C2)cc1F. The fraction of sp³-hybridized carbons (Fsp3) is 0.538. The monoisotopic (exact) mass is 239 g/mol. The fourth-order valence-corrected chi connectivity index (χ4v) is 2.15. The summed E-state index contributed by atoms with van der Waals surface area (Å²) in [6, 6.07) is 3.69. The Morgan fingerprint density at radius 3 is 2.59 bits per heavy atom. The molecule has 4 heteroatoms. The Balaban J connectivity index is 1.49. The van der Waals surface area contributed by atoms with Gasteiger partial charge >= 0.3 is 0 Å². The normalized spacial score (nSPS) is 21.3. The van der Waals surface area contributed by atoms with E-state index in [9.17, 15) is 8.78 Å². The lowest BCUT2D eigenvalue weighted by molar-refractivity contribution is 0.0169. The van der Waals surface area contributed by atoms with E-state index in [-0.39, 0.29) is 6.10 Å². The van der Waals surface area contributed by atoms with E-state index in [1.807, 2.05) is 0 Å². The molecule has 1 heterocycles. The minimum atomic E-state index is -0.850. The topological polar surface area (TPSA) is 12.5 Å². The van der Waals surface area contributed by atoms with E-state index in [1.165, 1.54) is 18.9 Å². The largest absolute Gasteiger partial charge is 0.488 e. The number of rotatable bonds is 4. The summed E-state index contributed by atoms with van der Waals surface area (Å²) >= 11 is 0. The Hall–Kier alpha value is -1.16. The van der Waals surface area contributed by atoms with Crippen LogP contribution in [0.2, 0.25) is 0 Å². The molecule has 2 fully saturated rings. The lowest BCUT2D eigenvalue weighted by Gasteiger charge is -2.39.